The molecule has 0 amide bonds. The van der Waals surface area contributed by atoms with Crippen LogP contribution >= 0.6 is 12.2 Å². The average Bonchev–Trinajstić information content (AvgIpc) is 2.53. The van der Waals surface area contributed by atoms with Crippen molar-refractivity contribution in [1.29, 1.82) is 0 Å². The van der Waals surface area contributed by atoms with Crippen LogP contribution in [0.15, 0.2) is 54.6 Å². The van der Waals surface area contributed by atoms with E-state index >= 15 is 0 Å². The lowest BCUT2D eigenvalue weighted by Crippen LogP contribution is -2.37. The van der Waals surface area contributed by atoms with Gasteiger partial charge in [0.1, 0.15) is 0 Å². The van der Waals surface area contributed by atoms with Gasteiger partial charge in [-0.2, -0.15) is 0 Å². The predicted molar refractivity (Wildman–Crippen MR) is 92.9 cm³/mol. The predicted octanol–water partition coefficient (Wildman–Crippen LogP) is 3.51. The molecule has 1 unspecified atom stereocenters. The van der Waals surface area contributed by atoms with E-state index in [1.165, 1.54) is 23.2 Å². The second kappa shape index (κ2) is 6.27. The number of rotatable bonds is 4. The largest absolute Gasteiger partial charge is 0.393 e. The third-order valence-electron chi connectivity index (χ3n) is 4.15. The lowest BCUT2D eigenvalue weighted by atomic mass is 9.95. The van der Waals surface area contributed by atoms with E-state index in [9.17, 15) is 0 Å². The minimum Gasteiger partial charge on any atom is -0.393 e. The van der Waals surface area contributed by atoms with E-state index in [4.69, 9.17) is 18.0 Å². The van der Waals surface area contributed by atoms with Crippen LogP contribution in [0.5, 0.6) is 0 Å². The third-order valence-corrected chi connectivity index (χ3v) is 4.44. The summed E-state index contributed by atoms with van der Waals surface area (Å²) in [5.74, 6) is 0.104. The van der Waals surface area contributed by atoms with Crippen LogP contribution < -0.4 is 10.6 Å². The Balaban J connectivity index is 1.86. The monoisotopic (exact) mass is 296 g/mol. The van der Waals surface area contributed by atoms with E-state index in [1.807, 2.05) is 18.2 Å². The first kappa shape index (κ1) is 14.1. The molecule has 2 nitrogen and oxygen atoms in total. The summed E-state index contributed by atoms with van der Waals surface area (Å²) in [4.78, 5) is 3.00. The highest BCUT2D eigenvalue weighted by Gasteiger charge is 2.22. The number of hydrogen-bond donors (Lipinski definition) is 1. The van der Waals surface area contributed by atoms with Crippen LogP contribution in [0.2, 0.25) is 0 Å². The van der Waals surface area contributed by atoms with Gasteiger partial charge in [-0.25, -0.2) is 0 Å². The molecule has 0 saturated heterocycles. The van der Waals surface area contributed by atoms with Crippen LogP contribution in [0, 0.1) is 0 Å². The van der Waals surface area contributed by atoms with Crippen LogP contribution in [0.25, 0.3) is 0 Å². The van der Waals surface area contributed by atoms with Crippen molar-refractivity contribution < 1.29 is 0 Å². The van der Waals surface area contributed by atoms with Gasteiger partial charge in [0.05, 0.1) is 10.9 Å². The Bertz CT molecular complexity index is 624. The zero-order valence-corrected chi connectivity index (χ0v) is 12.9. The molecule has 2 aromatic carbocycles. The molecule has 1 atom stereocenters. The van der Waals surface area contributed by atoms with Gasteiger partial charge in [0.25, 0.3) is 0 Å². The van der Waals surface area contributed by atoms with Gasteiger partial charge in [0.2, 0.25) is 0 Å². The number of nitrogens with two attached hydrogens (primary N) is 1. The Morgan fingerprint density at radius 2 is 1.81 bits per heavy atom. The van der Waals surface area contributed by atoms with Crippen molar-refractivity contribution in [3.05, 3.63) is 65.7 Å². The molecule has 1 heterocycles. The number of anilines is 1. The Morgan fingerprint density at radius 3 is 2.57 bits per heavy atom. The highest BCUT2D eigenvalue weighted by atomic mass is 32.1. The van der Waals surface area contributed by atoms with E-state index in [0.717, 1.165) is 19.5 Å². The van der Waals surface area contributed by atoms with Gasteiger partial charge < -0.3 is 10.6 Å². The van der Waals surface area contributed by atoms with Crippen molar-refractivity contribution in [2.24, 2.45) is 5.73 Å². The quantitative estimate of drug-likeness (QED) is 0.876. The van der Waals surface area contributed by atoms with E-state index in [0.29, 0.717) is 4.99 Å². The van der Waals surface area contributed by atoms with Crippen LogP contribution in [0.1, 0.15) is 23.5 Å². The standard InChI is InChI=1S/C18H20N2S/c19-18(21)16(14-7-2-1-3-8-14)13-20-12-6-10-15-9-4-5-11-17(15)20/h1-5,7-9,11,16H,6,10,12-13H2,(H2,19,21). The van der Waals surface area contributed by atoms with E-state index in [2.05, 4.69) is 41.3 Å². The van der Waals surface area contributed by atoms with Gasteiger partial charge in [-0.3, -0.25) is 0 Å². The minimum absolute atomic E-state index is 0.104. The van der Waals surface area contributed by atoms with Crippen molar-refractivity contribution in [3.8, 4) is 0 Å². The smallest absolute Gasteiger partial charge is 0.0821 e. The normalized spacial score (nSPS) is 15.3. The third kappa shape index (κ3) is 3.08. The maximum atomic E-state index is 6.01. The molecule has 0 aromatic heterocycles. The number of fused-ring (bicyclic) bond motifs is 1. The molecule has 0 bridgehead atoms. The molecule has 108 valence electrons. The van der Waals surface area contributed by atoms with E-state index in [-0.39, 0.29) is 5.92 Å². The fourth-order valence-electron chi connectivity index (χ4n) is 3.07. The van der Waals surface area contributed by atoms with Crippen LogP contribution in [-0.4, -0.2) is 18.1 Å². The Kier molecular flexibility index (Phi) is 4.20. The molecule has 0 saturated carbocycles. The maximum Gasteiger partial charge on any atom is 0.0821 e. The summed E-state index contributed by atoms with van der Waals surface area (Å²) in [5.41, 5.74) is 9.98. The number of aryl methyl sites for hydroxylation is 1. The summed E-state index contributed by atoms with van der Waals surface area (Å²) >= 11 is 5.32. The van der Waals surface area contributed by atoms with Crippen LogP contribution in [-0.2, 0) is 6.42 Å². The zero-order chi connectivity index (χ0) is 14.7. The molecule has 3 rings (SSSR count). The Labute approximate surface area is 131 Å². The molecule has 0 radical (unpaired) electrons. The summed E-state index contributed by atoms with van der Waals surface area (Å²) in [5, 5.41) is 0. The highest BCUT2D eigenvalue weighted by Crippen LogP contribution is 2.29. The fourth-order valence-corrected chi connectivity index (χ4v) is 3.28. The van der Waals surface area contributed by atoms with Crippen molar-refractivity contribution in [2.75, 3.05) is 18.0 Å². The molecule has 3 heteroatoms. The highest BCUT2D eigenvalue weighted by molar-refractivity contribution is 7.80. The van der Waals surface area contributed by atoms with Gasteiger partial charge in [-0.05, 0) is 30.0 Å². The average molecular weight is 296 g/mol. The second-order valence-corrected chi connectivity index (χ2v) is 6.02. The van der Waals surface area contributed by atoms with Gasteiger partial charge >= 0.3 is 0 Å². The molecule has 2 N–H and O–H groups in total. The lowest BCUT2D eigenvalue weighted by molar-refractivity contribution is 0.673. The summed E-state index contributed by atoms with van der Waals surface area (Å²) in [6, 6.07) is 19.0. The number of thiocarbonyl (C=S) groups is 1. The lowest BCUT2D eigenvalue weighted by Gasteiger charge is -2.34. The van der Waals surface area contributed by atoms with Crippen molar-refractivity contribution in [3.63, 3.8) is 0 Å². The summed E-state index contributed by atoms with van der Waals surface area (Å²) in [7, 11) is 0. The number of hydrogen-bond acceptors (Lipinski definition) is 2. The molecule has 0 fully saturated rings. The van der Waals surface area contributed by atoms with Crippen molar-refractivity contribution >= 4 is 22.9 Å². The van der Waals surface area contributed by atoms with Crippen molar-refractivity contribution in [2.45, 2.75) is 18.8 Å². The molecule has 21 heavy (non-hydrogen) atoms. The van der Waals surface area contributed by atoms with Gasteiger partial charge in [-0.1, -0.05) is 60.7 Å². The van der Waals surface area contributed by atoms with E-state index in [1.54, 1.807) is 0 Å². The molecule has 2 aromatic rings. The molecular formula is C18H20N2S. The first-order valence-corrected chi connectivity index (χ1v) is 7.83. The van der Waals surface area contributed by atoms with Gasteiger partial charge in [-0.15, -0.1) is 0 Å². The van der Waals surface area contributed by atoms with Gasteiger partial charge in [0, 0.05) is 18.8 Å². The summed E-state index contributed by atoms with van der Waals surface area (Å²) in [6.45, 7) is 1.93. The molecular weight excluding hydrogens is 276 g/mol. The van der Waals surface area contributed by atoms with Crippen molar-refractivity contribution in [1.82, 2.24) is 0 Å². The zero-order valence-electron chi connectivity index (χ0n) is 12.0. The molecule has 0 aliphatic carbocycles. The number of benzene rings is 2. The maximum absolute atomic E-state index is 6.01. The Hall–Kier alpha value is -1.87. The SMILES string of the molecule is NC(=S)C(CN1CCCc2ccccc21)c1ccccc1. The summed E-state index contributed by atoms with van der Waals surface area (Å²) < 4.78 is 0. The summed E-state index contributed by atoms with van der Waals surface area (Å²) in [6.07, 6.45) is 2.35. The fraction of sp³-hybridized carbons (Fsp3) is 0.278. The minimum atomic E-state index is 0.104. The topological polar surface area (TPSA) is 29.3 Å². The van der Waals surface area contributed by atoms with Crippen LogP contribution in [0.4, 0.5) is 5.69 Å². The molecule has 1 aliphatic heterocycles. The number of nitrogens with zero attached hydrogens (tertiary/aromatic N) is 1. The Morgan fingerprint density at radius 1 is 1.10 bits per heavy atom. The molecule has 0 spiro atoms. The second-order valence-electron chi connectivity index (χ2n) is 5.54. The first-order valence-electron chi connectivity index (χ1n) is 7.43. The van der Waals surface area contributed by atoms with Crippen LogP contribution in [0.3, 0.4) is 0 Å². The van der Waals surface area contributed by atoms with Gasteiger partial charge in [0.15, 0.2) is 0 Å². The molecule has 1 aliphatic rings. The van der Waals surface area contributed by atoms with E-state index < -0.39 is 0 Å². The number of para-hydroxylation sites is 1. The first-order chi connectivity index (χ1) is 10.3.